The van der Waals surface area contributed by atoms with Gasteiger partial charge in [0.1, 0.15) is 11.4 Å². The lowest BCUT2D eigenvalue weighted by Gasteiger charge is -2.15. The highest BCUT2D eigenvalue weighted by Gasteiger charge is 2.38. The number of imide groups is 1. The molecule has 0 fully saturated rings. The number of methoxy groups -OCH3 is 1. The Labute approximate surface area is 183 Å². The fourth-order valence-electron chi connectivity index (χ4n) is 3.69. The van der Waals surface area contributed by atoms with Crippen molar-refractivity contribution in [3.05, 3.63) is 64.9 Å². The highest BCUT2D eigenvalue weighted by atomic mass is 16.5. The lowest BCUT2D eigenvalue weighted by Crippen LogP contribution is -2.33. The predicted molar refractivity (Wildman–Crippen MR) is 122 cm³/mol. The van der Waals surface area contributed by atoms with Gasteiger partial charge in [-0.25, -0.2) is 0 Å². The molecule has 6 nitrogen and oxygen atoms in total. The molecule has 2 aromatic carbocycles. The number of carbonyl (C=O) groups is 2. The van der Waals surface area contributed by atoms with Crippen LogP contribution in [0.2, 0.25) is 0 Å². The van der Waals surface area contributed by atoms with Gasteiger partial charge in [0.25, 0.3) is 11.8 Å². The van der Waals surface area contributed by atoms with E-state index in [-0.39, 0.29) is 17.9 Å². The molecule has 0 aromatic heterocycles. The van der Waals surface area contributed by atoms with E-state index in [0.717, 1.165) is 22.6 Å². The van der Waals surface area contributed by atoms with Crippen molar-refractivity contribution in [3.8, 4) is 5.75 Å². The maximum atomic E-state index is 13.2. The summed E-state index contributed by atoms with van der Waals surface area (Å²) in [5, 5.41) is 3.22. The third-order valence-electron chi connectivity index (χ3n) is 4.90. The van der Waals surface area contributed by atoms with E-state index in [2.05, 4.69) is 11.4 Å². The third kappa shape index (κ3) is 5.33. The number of rotatable bonds is 9. The average Bonchev–Trinajstić information content (AvgIpc) is 2.92. The number of carbonyl (C=O) groups excluding carboxylic acids is 2. The number of anilines is 1. The molecule has 0 atom stereocenters. The van der Waals surface area contributed by atoms with Crippen LogP contribution in [0.3, 0.4) is 0 Å². The molecule has 0 aliphatic carbocycles. The Hall–Kier alpha value is -3.12. The summed E-state index contributed by atoms with van der Waals surface area (Å²) in [7, 11) is 1.60. The molecule has 1 aliphatic heterocycles. The van der Waals surface area contributed by atoms with Crippen molar-refractivity contribution >= 4 is 23.1 Å². The molecule has 0 bridgehead atoms. The van der Waals surface area contributed by atoms with Gasteiger partial charge in [-0.15, -0.1) is 0 Å². The highest BCUT2D eigenvalue weighted by molar-refractivity contribution is 6.36. The van der Waals surface area contributed by atoms with E-state index in [9.17, 15) is 9.59 Å². The molecule has 2 amide bonds. The SMILES string of the molecule is COCCCN1C(=O)C(Nc2cc(C)cc(C)c2)=C(c2ccc(OC(C)C)cc2)C1=O. The summed E-state index contributed by atoms with van der Waals surface area (Å²) in [6.07, 6.45) is 0.636. The standard InChI is InChI=1S/C25H30N2O4/c1-16(2)31-21-9-7-19(8-10-21)22-23(26-20-14-17(3)13-18(4)15-20)25(29)27(24(22)28)11-6-12-30-5/h7-10,13-16,26H,6,11-12H2,1-5H3. The second-order valence-corrected chi connectivity index (χ2v) is 8.05. The van der Waals surface area contributed by atoms with Crippen LogP contribution in [0.1, 0.15) is 37.0 Å². The number of aryl methyl sites for hydroxylation is 2. The summed E-state index contributed by atoms with van der Waals surface area (Å²) in [5.41, 5.74) is 4.28. The van der Waals surface area contributed by atoms with Crippen LogP contribution in [0.25, 0.3) is 5.57 Å². The van der Waals surface area contributed by atoms with Gasteiger partial charge in [0.2, 0.25) is 0 Å². The van der Waals surface area contributed by atoms with Crippen LogP contribution in [-0.2, 0) is 14.3 Å². The summed E-state index contributed by atoms with van der Waals surface area (Å²) in [6, 6.07) is 13.3. The van der Waals surface area contributed by atoms with Gasteiger partial charge in [-0.1, -0.05) is 18.2 Å². The molecule has 3 rings (SSSR count). The summed E-state index contributed by atoms with van der Waals surface area (Å²) in [4.78, 5) is 27.7. The Kier molecular flexibility index (Phi) is 7.13. The van der Waals surface area contributed by atoms with Crippen molar-refractivity contribution < 1.29 is 19.1 Å². The van der Waals surface area contributed by atoms with E-state index < -0.39 is 0 Å². The van der Waals surface area contributed by atoms with E-state index in [0.29, 0.717) is 36.4 Å². The summed E-state index contributed by atoms with van der Waals surface area (Å²) < 4.78 is 10.8. The first-order valence-corrected chi connectivity index (χ1v) is 10.5. The first-order valence-electron chi connectivity index (χ1n) is 10.5. The van der Waals surface area contributed by atoms with Crippen LogP contribution in [0, 0.1) is 13.8 Å². The Balaban J connectivity index is 1.98. The summed E-state index contributed by atoms with van der Waals surface area (Å²) >= 11 is 0. The van der Waals surface area contributed by atoms with Crippen molar-refractivity contribution in [1.82, 2.24) is 4.90 Å². The molecule has 0 radical (unpaired) electrons. The minimum Gasteiger partial charge on any atom is -0.491 e. The van der Waals surface area contributed by atoms with Crippen molar-refractivity contribution in [2.24, 2.45) is 0 Å². The lowest BCUT2D eigenvalue weighted by atomic mass is 10.0. The minimum absolute atomic E-state index is 0.0535. The molecular weight excluding hydrogens is 392 g/mol. The molecule has 6 heteroatoms. The first-order chi connectivity index (χ1) is 14.8. The fourth-order valence-corrected chi connectivity index (χ4v) is 3.69. The highest BCUT2D eigenvalue weighted by Crippen LogP contribution is 2.32. The van der Waals surface area contributed by atoms with Crippen LogP contribution < -0.4 is 10.1 Å². The quantitative estimate of drug-likeness (QED) is 0.482. The fraction of sp³-hybridized carbons (Fsp3) is 0.360. The smallest absolute Gasteiger partial charge is 0.278 e. The van der Waals surface area contributed by atoms with E-state index in [1.165, 1.54) is 4.90 Å². The molecule has 164 valence electrons. The molecular formula is C25H30N2O4. The third-order valence-corrected chi connectivity index (χ3v) is 4.90. The maximum absolute atomic E-state index is 13.2. The van der Waals surface area contributed by atoms with Gasteiger partial charge in [-0.2, -0.15) is 0 Å². The number of hydrogen-bond donors (Lipinski definition) is 1. The van der Waals surface area contributed by atoms with E-state index in [4.69, 9.17) is 9.47 Å². The molecule has 1 N–H and O–H groups in total. The second-order valence-electron chi connectivity index (χ2n) is 8.05. The predicted octanol–water partition coefficient (Wildman–Crippen LogP) is 4.32. The van der Waals surface area contributed by atoms with Gasteiger partial charge in [-0.3, -0.25) is 14.5 Å². The molecule has 0 saturated heterocycles. The zero-order valence-corrected chi connectivity index (χ0v) is 18.8. The monoisotopic (exact) mass is 422 g/mol. The molecule has 0 unspecified atom stereocenters. The molecule has 31 heavy (non-hydrogen) atoms. The zero-order valence-electron chi connectivity index (χ0n) is 18.8. The molecule has 1 heterocycles. The zero-order chi connectivity index (χ0) is 22.5. The largest absolute Gasteiger partial charge is 0.491 e. The number of nitrogens with one attached hydrogen (secondary N) is 1. The number of amides is 2. The van der Waals surface area contributed by atoms with Crippen LogP contribution in [0.4, 0.5) is 5.69 Å². The van der Waals surface area contributed by atoms with Crippen LogP contribution in [0.15, 0.2) is 48.2 Å². The molecule has 0 spiro atoms. The van der Waals surface area contributed by atoms with E-state index in [1.807, 2.05) is 64.1 Å². The Morgan fingerprint density at radius 3 is 2.19 bits per heavy atom. The average molecular weight is 423 g/mol. The van der Waals surface area contributed by atoms with Crippen molar-refractivity contribution in [2.75, 3.05) is 25.6 Å². The minimum atomic E-state index is -0.322. The van der Waals surface area contributed by atoms with Crippen LogP contribution >= 0.6 is 0 Å². The van der Waals surface area contributed by atoms with Gasteiger partial charge in [0.05, 0.1) is 11.7 Å². The van der Waals surface area contributed by atoms with Gasteiger partial charge < -0.3 is 14.8 Å². The number of ether oxygens (including phenoxy) is 2. The van der Waals surface area contributed by atoms with Crippen molar-refractivity contribution in [1.29, 1.82) is 0 Å². The number of nitrogens with zero attached hydrogens (tertiary/aromatic N) is 1. The van der Waals surface area contributed by atoms with Crippen molar-refractivity contribution in [3.63, 3.8) is 0 Å². The Bertz CT molecular complexity index is 973. The van der Waals surface area contributed by atoms with Gasteiger partial charge in [0.15, 0.2) is 0 Å². The van der Waals surface area contributed by atoms with Gasteiger partial charge in [0, 0.05) is 25.9 Å². The van der Waals surface area contributed by atoms with E-state index in [1.54, 1.807) is 7.11 Å². The second kappa shape index (κ2) is 9.79. The summed E-state index contributed by atoms with van der Waals surface area (Å²) in [5.74, 6) is 0.0974. The molecule has 1 aliphatic rings. The molecule has 2 aromatic rings. The van der Waals surface area contributed by atoms with Gasteiger partial charge in [-0.05, 0) is 75.1 Å². The normalized spacial score (nSPS) is 14.1. The maximum Gasteiger partial charge on any atom is 0.278 e. The Morgan fingerprint density at radius 1 is 0.968 bits per heavy atom. The Morgan fingerprint density at radius 2 is 1.61 bits per heavy atom. The lowest BCUT2D eigenvalue weighted by molar-refractivity contribution is -0.137. The van der Waals surface area contributed by atoms with E-state index >= 15 is 0 Å². The summed E-state index contributed by atoms with van der Waals surface area (Å²) in [6.45, 7) is 8.70. The van der Waals surface area contributed by atoms with Crippen LogP contribution in [0.5, 0.6) is 5.75 Å². The molecule has 0 saturated carbocycles. The van der Waals surface area contributed by atoms with Gasteiger partial charge >= 0.3 is 0 Å². The number of benzene rings is 2. The topological polar surface area (TPSA) is 67.9 Å². The van der Waals surface area contributed by atoms with Crippen LogP contribution in [-0.4, -0.2) is 43.1 Å². The van der Waals surface area contributed by atoms with Crippen molar-refractivity contribution in [2.45, 2.75) is 40.2 Å². The number of hydrogen-bond acceptors (Lipinski definition) is 5. The first kappa shape index (κ1) is 22.6.